The molecule has 1 aromatic rings. The Labute approximate surface area is 109 Å². The average Bonchev–Trinajstić information content (AvgIpc) is 3.14. The lowest BCUT2D eigenvalue weighted by Crippen LogP contribution is -2.35. The average molecular weight is 270 g/mol. The van der Waals surface area contributed by atoms with Crippen molar-refractivity contribution in [2.75, 3.05) is 6.54 Å². The van der Waals surface area contributed by atoms with E-state index in [1.54, 1.807) is 4.90 Å². The van der Waals surface area contributed by atoms with Gasteiger partial charge in [-0.3, -0.25) is 9.59 Å². The molecule has 0 saturated heterocycles. The standard InChI is InChI=1S/C11H12ClN3O3/c12-9-4-3-8(13-14-9)11(18)15(7-1-2-7)6-5-10(16)17/h3-4,7H,1-2,5-6H2,(H,16,17). The van der Waals surface area contributed by atoms with E-state index in [4.69, 9.17) is 16.7 Å². The second-order valence-electron chi connectivity index (χ2n) is 4.11. The van der Waals surface area contributed by atoms with Gasteiger partial charge in [-0.05, 0) is 25.0 Å². The summed E-state index contributed by atoms with van der Waals surface area (Å²) in [5.74, 6) is -1.21. The molecule has 7 heteroatoms. The Bertz CT molecular complexity index is 459. The minimum Gasteiger partial charge on any atom is -0.481 e. The lowest BCUT2D eigenvalue weighted by Gasteiger charge is -2.20. The summed E-state index contributed by atoms with van der Waals surface area (Å²) in [6.07, 6.45) is 1.75. The molecule has 2 rings (SSSR count). The molecule has 0 atom stereocenters. The molecule has 1 aliphatic carbocycles. The summed E-state index contributed by atoms with van der Waals surface area (Å²) in [4.78, 5) is 24.3. The number of carbonyl (C=O) groups excluding carboxylic acids is 1. The maximum Gasteiger partial charge on any atom is 0.305 e. The molecule has 0 unspecified atom stereocenters. The first-order valence-electron chi connectivity index (χ1n) is 5.60. The normalized spacial score (nSPS) is 14.3. The van der Waals surface area contributed by atoms with E-state index in [9.17, 15) is 9.59 Å². The van der Waals surface area contributed by atoms with Crippen LogP contribution in [0.5, 0.6) is 0 Å². The van der Waals surface area contributed by atoms with Gasteiger partial charge in [-0.25, -0.2) is 0 Å². The van der Waals surface area contributed by atoms with Crippen LogP contribution in [0.25, 0.3) is 0 Å². The van der Waals surface area contributed by atoms with E-state index < -0.39 is 5.97 Å². The van der Waals surface area contributed by atoms with Crippen molar-refractivity contribution >= 4 is 23.5 Å². The summed E-state index contributed by atoms with van der Waals surface area (Å²) in [5, 5.41) is 16.2. The highest BCUT2D eigenvalue weighted by atomic mass is 35.5. The Morgan fingerprint density at radius 3 is 2.61 bits per heavy atom. The van der Waals surface area contributed by atoms with E-state index in [1.165, 1.54) is 12.1 Å². The first kappa shape index (κ1) is 12.8. The van der Waals surface area contributed by atoms with Gasteiger partial charge in [0.15, 0.2) is 10.8 Å². The fourth-order valence-corrected chi connectivity index (χ4v) is 1.73. The number of rotatable bonds is 5. The quantitative estimate of drug-likeness (QED) is 0.869. The van der Waals surface area contributed by atoms with Gasteiger partial charge in [0.2, 0.25) is 0 Å². The van der Waals surface area contributed by atoms with Crippen molar-refractivity contribution in [3.8, 4) is 0 Å². The Morgan fingerprint density at radius 2 is 2.11 bits per heavy atom. The summed E-state index contributed by atoms with van der Waals surface area (Å²) < 4.78 is 0. The zero-order valence-corrected chi connectivity index (χ0v) is 10.3. The molecule has 0 radical (unpaired) electrons. The summed E-state index contributed by atoms with van der Waals surface area (Å²) in [5.41, 5.74) is 0.191. The van der Waals surface area contributed by atoms with Crippen LogP contribution in [0, 0.1) is 0 Å². The second kappa shape index (κ2) is 5.30. The van der Waals surface area contributed by atoms with Crippen LogP contribution in [-0.4, -0.2) is 44.7 Å². The molecule has 0 aliphatic heterocycles. The topological polar surface area (TPSA) is 83.4 Å². The van der Waals surface area contributed by atoms with E-state index >= 15 is 0 Å². The van der Waals surface area contributed by atoms with Gasteiger partial charge in [-0.2, -0.15) is 0 Å². The predicted molar refractivity (Wildman–Crippen MR) is 63.4 cm³/mol. The number of carboxylic acids is 1. The van der Waals surface area contributed by atoms with Gasteiger partial charge in [0, 0.05) is 12.6 Å². The molecule has 0 bridgehead atoms. The van der Waals surface area contributed by atoms with Gasteiger partial charge in [-0.15, -0.1) is 10.2 Å². The molecule has 6 nitrogen and oxygen atoms in total. The van der Waals surface area contributed by atoms with Gasteiger partial charge in [0.25, 0.3) is 5.91 Å². The third-order valence-corrected chi connectivity index (χ3v) is 2.87. The number of carbonyl (C=O) groups is 2. The van der Waals surface area contributed by atoms with Crippen LogP contribution < -0.4 is 0 Å². The monoisotopic (exact) mass is 269 g/mol. The third-order valence-electron chi connectivity index (χ3n) is 2.67. The van der Waals surface area contributed by atoms with Crippen molar-refractivity contribution in [3.63, 3.8) is 0 Å². The zero-order chi connectivity index (χ0) is 13.1. The molecule has 1 N–H and O–H groups in total. The molecule has 1 aromatic heterocycles. The smallest absolute Gasteiger partial charge is 0.305 e. The summed E-state index contributed by atoms with van der Waals surface area (Å²) in [6, 6.07) is 3.12. The highest BCUT2D eigenvalue weighted by molar-refractivity contribution is 6.29. The van der Waals surface area contributed by atoms with Crippen molar-refractivity contribution in [2.24, 2.45) is 0 Å². The third kappa shape index (κ3) is 3.16. The number of aliphatic carboxylic acids is 1. The maximum atomic E-state index is 12.1. The van der Waals surface area contributed by atoms with E-state index in [-0.39, 0.29) is 35.8 Å². The SMILES string of the molecule is O=C(O)CCN(C(=O)c1ccc(Cl)nn1)C1CC1. The van der Waals surface area contributed by atoms with Crippen LogP contribution in [0.4, 0.5) is 0 Å². The Kier molecular flexibility index (Phi) is 3.76. The first-order chi connectivity index (χ1) is 8.58. The van der Waals surface area contributed by atoms with Gasteiger partial charge in [0.1, 0.15) is 0 Å². The lowest BCUT2D eigenvalue weighted by atomic mass is 10.3. The van der Waals surface area contributed by atoms with Crippen LogP contribution in [0.2, 0.25) is 5.15 Å². The lowest BCUT2D eigenvalue weighted by molar-refractivity contribution is -0.137. The first-order valence-corrected chi connectivity index (χ1v) is 5.97. The van der Waals surface area contributed by atoms with E-state index in [0.717, 1.165) is 12.8 Å². The Balaban J connectivity index is 2.07. The van der Waals surface area contributed by atoms with Crippen LogP contribution in [0.15, 0.2) is 12.1 Å². The molecular formula is C11H12ClN3O3. The van der Waals surface area contributed by atoms with E-state index in [1.807, 2.05) is 0 Å². The van der Waals surface area contributed by atoms with Crippen LogP contribution in [-0.2, 0) is 4.79 Å². The molecular weight excluding hydrogens is 258 g/mol. The largest absolute Gasteiger partial charge is 0.481 e. The Hall–Kier alpha value is -1.69. The molecule has 96 valence electrons. The predicted octanol–water partition coefficient (Wildman–Crippen LogP) is 1.21. The second-order valence-corrected chi connectivity index (χ2v) is 4.50. The van der Waals surface area contributed by atoms with E-state index in [2.05, 4.69) is 10.2 Å². The van der Waals surface area contributed by atoms with Crippen LogP contribution >= 0.6 is 11.6 Å². The van der Waals surface area contributed by atoms with Gasteiger partial charge < -0.3 is 10.0 Å². The van der Waals surface area contributed by atoms with Crippen LogP contribution in [0.3, 0.4) is 0 Å². The Morgan fingerprint density at radius 1 is 1.39 bits per heavy atom. The fourth-order valence-electron chi connectivity index (χ4n) is 1.63. The van der Waals surface area contributed by atoms with Gasteiger partial charge in [-0.1, -0.05) is 11.6 Å². The highest BCUT2D eigenvalue weighted by Crippen LogP contribution is 2.28. The maximum absolute atomic E-state index is 12.1. The molecule has 18 heavy (non-hydrogen) atoms. The molecule has 0 spiro atoms. The number of hydrogen-bond acceptors (Lipinski definition) is 4. The van der Waals surface area contributed by atoms with Gasteiger partial charge in [0.05, 0.1) is 6.42 Å². The molecule has 0 aromatic carbocycles. The molecule has 1 heterocycles. The van der Waals surface area contributed by atoms with Crippen molar-refractivity contribution in [1.82, 2.24) is 15.1 Å². The minimum absolute atomic E-state index is 0.0662. The number of amides is 1. The number of carboxylic acid groups (broad SMARTS) is 1. The number of nitrogens with zero attached hydrogens (tertiary/aromatic N) is 3. The highest BCUT2D eigenvalue weighted by Gasteiger charge is 2.33. The van der Waals surface area contributed by atoms with Crippen molar-refractivity contribution in [1.29, 1.82) is 0 Å². The summed E-state index contributed by atoms with van der Waals surface area (Å²) in [6.45, 7) is 0.198. The van der Waals surface area contributed by atoms with E-state index in [0.29, 0.717) is 0 Å². The molecule has 1 amide bonds. The number of hydrogen-bond donors (Lipinski definition) is 1. The van der Waals surface area contributed by atoms with Crippen LogP contribution in [0.1, 0.15) is 29.8 Å². The number of aromatic nitrogens is 2. The van der Waals surface area contributed by atoms with Crippen molar-refractivity contribution in [2.45, 2.75) is 25.3 Å². The molecule has 1 fully saturated rings. The summed E-state index contributed by atoms with van der Waals surface area (Å²) >= 11 is 5.60. The van der Waals surface area contributed by atoms with Crippen molar-refractivity contribution in [3.05, 3.63) is 23.0 Å². The molecule has 1 aliphatic rings. The number of halogens is 1. The fraction of sp³-hybridized carbons (Fsp3) is 0.455. The summed E-state index contributed by atoms with van der Waals surface area (Å²) in [7, 11) is 0. The zero-order valence-electron chi connectivity index (χ0n) is 9.54. The molecule has 1 saturated carbocycles. The minimum atomic E-state index is -0.921. The van der Waals surface area contributed by atoms with Gasteiger partial charge >= 0.3 is 5.97 Å². The van der Waals surface area contributed by atoms with Crippen molar-refractivity contribution < 1.29 is 14.7 Å².